The SMILES string of the molecule is CC1(C)OB(c2cccc(F)c2C(F)F)OC1(C)C. The Morgan fingerprint density at radius 3 is 2.05 bits per heavy atom. The first kappa shape index (κ1) is 14.4. The van der Waals surface area contributed by atoms with Gasteiger partial charge in [-0.3, -0.25) is 0 Å². The third-order valence-corrected chi connectivity index (χ3v) is 3.81. The molecule has 0 aliphatic carbocycles. The van der Waals surface area contributed by atoms with E-state index in [1.807, 2.05) is 27.7 Å². The molecule has 1 aromatic rings. The minimum Gasteiger partial charge on any atom is -0.399 e. The molecular weight excluding hydrogens is 256 g/mol. The number of rotatable bonds is 2. The van der Waals surface area contributed by atoms with E-state index in [9.17, 15) is 13.2 Å². The number of benzene rings is 1. The fourth-order valence-electron chi connectivity index (χ4n) is 1.96. The Morgan fingerprint density at radius 2 is 1.58 bits per heavy atom. The van der Waals surface area contributed by atoms with Crippen LogP contribution in [0.2, 0.25) is 0 Å². The maximum atomic E-state index is 13.5. The Kier molecular flexibility index (Phi) is 3.43. The van der Waals surface area contributed by atoms with Crippen molar-refractivity contribution < 1.29 is 22.5 Å². The first-order valence-electron chi connectivity index (χ1n) is 6.08. The van der Waals surface area contributed by atoms with E-state index in [-0.39, 0.29) is 5.46 Å². The number of hydrogen-bond donors (Lipinski definition) is 0. The van der Waals surface area contributed by atoms with Crippen molar-refractivity contribution in [2.45, 2.75) is 45.3 Å². The summed E-state index contributed by atoms with van der Waals surface area (Å²) in [5.74, 6) is -0.942. The molecule has 1 aromatic carbocycles. The molecular formula is C13H16BF3O2. The highest BCUT2D eigenvalue weighted by Gasteiger charge is 2.52. The third kappa shape index (κ3) is 2.39. The van der Waals surface area contributed by atoms with Crippen LogP contribution in [0, 0.1) is 5.82 Å². The smallest absolute Gasteiger partial charge is 0.399 e. The van der Waals surface area contributed by atoms with Crippen LogP contribution in [-0.4, -0.2) is 18.3 Å². The van der Waals surface area contributed by atoms with Gasteiger partial charge in [0.1, 0.15) is 5.82 Å². The van der Waals surface area contributed by atoms with E-state index >= 15 is 0 Å². The average Bonchev–Trinajstić information content (AvgIpc) is 2.47. The van der Waals surface area contributed by atoms with Gasteiger partial charge in [-0.25, -0.2) is 13.2 Å². The first-order valence-corrected chi connectivity index (χ1v) is 6.08. The van der Waals surface area contributed by atoms with Gasteiger partial charge in [0.25, 0.3) is 6.43 Å². The maximum Gasteiger partial charge on any atom is 0.495 e. The van der Waals surface area contributed by atoms with E-state index in [2.05, 4.69) is 0 Å². The summed E-state index contributed by atoms with van der Waals surface area (Å²) in [6.07, 6.45) is -2.91. The molecule has 1 saturated heterocycles. The molecule has 0 atom stereocenters. The zero-order valence-corrected chi connectivity index (χ0v) is 11.3. The quantitative estimate of drug-likeness (QED) is 0.770. The molecule has 2 rings (SSSR count). The summed E-state index contributed by atoms with van der Waals surface area (Å²) in [4.78, 5) is 0. The molecule has 6 heteroatoms. The van der Waals surface area contributed by atoms with Gasteiger partial charge in [0.2, 0.25) is 0 Å². The molecule has 0 N–H and O–H groups in total. The van der Waals surface area contributed by atoms with E-state index in [0.717, 1.165) is 6.07 Å². The topological polar surface area (TPSA) is 18.5 Å². The largest absolute Gasteiger partial charge is 0.495 e. The molecule has 0 radical (unpaired) electrons. The van der Waals surface area contributed by atoms with Gasteiger partial charge in [-0.05, 0) is 39.2 Å². The Balaban J connectivity index is 2.43. The zero-order valence-electron chi connectivity index (χ0n) is 11.3. The van der Waals surface area contributed by atoms with Crippen LogP contribution in [0.1, 0.15) is 39.7 Å². The second-order valence-corrected chi connectivity index (χ2v) is 5.63. The first-order chi connectivity index (χ1) is 8.66. The Hall–Kier alpha value is -1.01. The molecule has 1 heterocycles. The minimum atomic E-state index is -2.91. The van der Waals surface area contributed by atoms with Crippen molar-refractivity contribution in [2.75, 3.05) is 0 Å². The summed E-state index contributed by atoms with van der Waals surface area (Å²) >= 11 is 0. The van der Waals surface area contributed by atoms with Crippen LogP contribution in [-0.2, 0) is 9.31 Å². The summed E-state index contributed by atoms with van der Waals surface area (Å²) in [5, 5.41) is 0. The lowest BCUT2D eigenvalue weighted by Crippen LogP contribution is -2.41. The minimum absolute atomic E-state index is 0.0497. The van der Waals surface area contributed by atoms with Crippen LogP contribution in [0.5, 0.6) is 0 Å². The second kappa shape index (κ2) is 4.53. The second-order valence-electron chi connectivity index (χ2n) is 5.63. The molecule has 19 heavy (non-hydrogen) atoms. The predicted octanol–water partition coefficient (Wildman–Crippen LogP) is 3.06. The molecule has 0 amide bonds. The summed E-state index contributed by atoms with van der Waals surface area (Å²) in [6, 6.07) is 3.80. The van der Waals surface area contributed by atoms with Crippen molar-refractivity contribution in [3.05, 3.63) is 29.6 Å². The van der Waals surface area contributed by atoms with Crippen LogP contribution in [0.4, 0.5) is 13.2 Å². The molecule has 0 bridgehead atoms. The number of hydrogen-bond acceptors (Lipinski definition) is 2. The normalized spacial score (nSPS) is 21.2. The van der Waals surface area contributed by atoms with Gasteiger partial charge in [-0.1, -0.05) is 12.1 Å². The molecule has 2 nitrogen and oxygen atoms in total. The average molecular weight is 272 g/mol. The van der Waals surface area contributed by atoms with Crippen LogP contribution in [0.15, 0.2) is 18.2 Å². The summed E-state index contributed by atoms with van der Waals surface area (Å²) in [5.41, 5.74) is -1.90. The van der Waals surface area contributed by atoms with Gasteiger partial charge in [0, 0.05) is 0 Å². The fourth-order valence-corrected chi connectivity index (χ4v) is 1.96. The van der Waals surface area contributed by atoms with Crippen molar-refractivity contribution >= 4 is 12.6 Å². The maximum absolute atomic E-state index is 13.5. The third-order valence-electron chi connectivity index (χ3n) is 3.81. The highest BCUT2D eigenvalue weighted by atomic mass is 19.3. The van der Waals surface area contributed by atoms with Crippen molar-refractivity contribution in [3.63, 3.8) is 0 Å². The van der Waals surface area contributed by atoms with Crippen LogP contribution in [0.25, 0.3) is 0 Å². The molecule has 0 aromatic heterocycles. The van der Waals surface area contributed by atoms with Crippen molar-refractivity contribution in [1.29, 1.82) is 0 Å². The van der Waals surface area contributed by atoms with E-state index < -0.39 is 36.1 Å². The fraction of sp³-hybridized carbons (Fsp3) is 0.538. The molecule has 0 saturated carbocycles. The van der Waals surface area contributed by atoms with Crippen molar-refractivity contribution in [1.82, 2.24) is 0 Å². The molecule has 1 aliphatic heterocycles. The van der Waals surface area contributed by atoms with Crippen LogP contribution < -0.4 is 5.46 Å². The van der Waals surface area contributed by atoms with E-state index in [0.29, 0.717) is 0 Å². The monoisotopic (exact) mass is 272 g/mol. The molecule has 0 spiro atoms. The van der Waals surface area contributed by atoms with Crippen molar-refractivity contribution in [3.8, 4) is 0 Å². The standard InChI is InChI=1S/C13H16BF3O2/c1-12(2)13(3,4)19-14(18-12)8-6-5-7-9(15)10(8)11(16)17/h5-7,11H,1-4H3. The van der Waals surface area contributed by atoms with Crippen LogP contribution in [0.3, 0.4) is 0 Å². The van der Waals surface area contributed by atoms with Gasteiger partial charge < -0.3 is 9.31 Å². The van der Waals surface area contributed by atoms with E-state index in [4.69, 9.17) is 9.31 Å². The predicted molar refractivity (Wildman–Crippen MR) is 67.1 cm³/mol. The number of alkyl halides is 2. The molecule has 0 unspecified atom stereocenters. The van der Waals surface area contributed by atoms with Gasteiger partial charge in [0.15, 0.2) is 0 Å². The summed E-state index contributed by atoms with van der Waals surface area (Å²) in [6.45, 7) is 7.26. The van der Waals surface area contributed by atoms with E-state index in [1.165, 1.54) is 12.1 Å². The Bertz CT molecular complexity index is 473. The zero-order chi connectivity index (χ0) is 14.4. The lowest BCUT2D eigenvalue weighted by atomic mass is 9.76. The lowest BCUT2D eigenvalue weighted by Gasteiger charge is -2.32. The van der Waals surface area contributed by atoms with Crippen molar-refractivity contribution in [2.24, 2.45) is 0 Å². The Morgan fingerprint density at radius 1 is 1.05 bits per heavy atom. The summed E-state index contributed by atoms with van der Waals surface area (Å²) in [7, 11) is -0.982. The summed E-state index contributed by atoms with van der Waals surface area (Å²) < 4.78 is 50.8. The lowest BCUT2D eigenvalue weighted by molar-refractivity contribution is 0.00578. The van der Waals surface area contributed by atoms with E-state index in [1.54, 1.807) is 0 Å². The van der Waals surface area contributed by atoms with Gasteiger partial charge >= 0.3 is 7.12 Å². The van der Waals surface area contributed by atoms with Crippen LogP contribution >= 0.6 is 0 Å². The van der Waals surface area contributed by atoms with Gasteiger partial charge in [0.05, 0.1) is 16.8 Å². The highest BCUT2D eigenvalue weighted by molar-refractivity contribution is 6.62. The number of halogens is 3. The molecule has 104 valence electrons. The molecule has 1 aliphatic rings. The van der Waals surface area contributed by atoms with Gasteiger partial charge in [-0.15, -0.1) is 0 Å². The Labute approximate surface area is 111 Å². The molecule has 1 fully saturated rings. The van der Waals surface area contributed by atoms with Gasteiger partial charge in [-0.2, -0.15) is 0 Å². The highest BCUT2D eigenvalue weighted by Crippen LogP contribution is 2.37.